The molecular formula is C21H30N2O6. The van der Waals surface area contributed by atoms with E-state index in [1.54, 1.807) is 36.3 Å². The molecule has 0 aliphatic carbocycles. The number of aliphatic hydroxyl groups excluding tert-OH is 2. The molecule has 0 bridgehead atoms. The standard InChI is InChI=1S/C21H30N2O6/c1-13-7-9-23(10-8-13)18(24)11-16-19(25)20(26)17(29-16)12-22-21(27)14-3-5-15(28-2)6-4-14/h3-6,13,16-17,19-20,25-26H,7-12H2,1-2H3,(H,22,27)/t16-,17-,19+,20-/m1/s1. The number of ether oxygens (including phenoxy) is 2. The zero-order chi connectivity index (χ0) is 21.0. The Hall–Kier alpha value is -2.16. The summed E-state index contributed by atoms with van der Waals surface area (Å²) in [6, 6.07) is 6.64. The molecule has 0 spiro atoms. The summed E-state index contributed by atoms with van der Waals surface area (Å²) < 4.78 is 10.8. The van der Waals surface area contributed by atoms with Crippen LogP contribution in [0, 0.1) is 5.92 Å². The van der Waals surface area contributed by atoms with Gasteiger partial charge in [-0.3, -0.25) is 9.59 Å². The van der Waals surface area contributed by atoms with Crippen molar-refractivity contribution in [2.45, 2.75) is 50.6 Å². The highest BCUT2D eigenvalue weighted by atomic mass is 16.5. The minimum atomic E-state index is -1.16. The van der Waals surface area contributed by atoms with E-state index in [9.17, 15) is 19.8 Å². The van der Waals surface area contributed by atoms with Crippen LogP contribution in [-0.4, -0.2) is 78.1 Å². The highest BCUT2D eigenvalue weighted by Gasteiger charge is 2.44. The van der Waals surface area contributed by atoms with Crippen molar-refractivity contribution < 1.29 is 29.3 Å². The van der Waals surface area contributed by atoms with Gasteiger partial charge in [-0.05, 0) is 43.0 Å². The second kappa shape index (κ2) is 9.56. The van der Waals surface area contributed by atoms with Gasteiger partial charge in [0.05, 0.1) is 19.6 Å². The van der Waals surface area contributed by atoms with Gasteiger partial charge < -0.3 is 29.9 Å². The maximum absolute atomic E-state index is 12.5. The van der Waals surface area contributed by atoms with Gasteiger partial charge in [-0.25, -0.2) is 0 Å². The Balaban J connectivity index is 1.49. The number of hydrogen-bond acceptors (Lipinski definition) is 6. The fourth-order valence-corrected chi connectivity index (χ4v) is 3.76. The molecule has 2 saturated heterocycles. The molecule has 8 nitrogen and oxygen atoms in total. The molecule has 1 aromatic rings. The Morgan fingerprint density at radius 1 is 1.14 bits per heavy atom. The van der Waals surface area contributed by atoms with Crippen molar-refractivity contribution in [3.8, 4) is 5.75 Å². The average molecular weight is 406 g/mol. The van der Waals surface area contributed by atoms with E-state index >= 15 is 0 Å². The Kier molecular flexibility index (Phi) is 7.10. The molecule has 4 atom stereocenters. The van der Waals surface area contributed by atoms with Crippen LogP contribution in [0.25, 0.3) is 0 Å². The third-order valence-corrected chi connectivity index (χ3v) is 5.79. The van der Waals surface area contributed by atoms with E-state index in [1.807, 2.05) is 0 Å². The number of hydrogen-bond donors (Lipinski definition) is 3. The number of nitrogens with one attached hydrogen (secondary N) is 1. The fraction of sp³-hybridized carbons (Fsp3) is 0.619. The lowest BCUT2D eigenvalue weighted by Gasteiger charge is -2.31. The van der Waals surface area contributed by atoms with Crippen LogP contribution in [0.5, 0.6) is 5.75 Å². The van der Waals surface area contributed by atoms with Gasteiger partial charge in [0.25, 0.3) is 5.91 Å². The first-order valence-electron chi connectivity index (χ1n) is 10.1. The van der Waals surface area contributed by atoms with E-state index in [0.717, 1.165) is 12.8 Å². The van der Waals surface area contributed by atoms with Gasteiger partial charge in [0.2, 0.25) is 5.91 Å². The number of carbonyl (C=O) groups is 2. The van der Waals surface area contributed by atoms with Crippen LogP contribution in [0.4, 0.5) is 0 Å². The third-order valence-electron chi connectivity index (χ3n) is 5.79. The van der Waals surface area contributed by atoms with Crippen LogP contribution in [0.2, 0.25) is 0 Å². The summed E-state index contributed by atoms with van der Waals surface area (Å²) >= 11 is 0. The number of amides is 2. The number of likely N-dealkylation sites (tertiary alicyclic amines) is 1. The predicted octanol–water partition coefficient (Wildman–Crippen LogP) is 0.563. The molecule has 2 aliphatic rings. The molecule has 1 aromatic carbocycles. The van der Waals surface area contributed by atoms with Gasteiger partial charge in [-0.15, -0.1) is 0 Å². The molecule has 29 heavy (non-hydrogen) atoms. The van der Waals surface area contributed by atoms with Crippen molar-refractivity contribution in [2.75, 3.05) is 26.7 Å². The van der Waals surface area contributed by atoms with Crippen LogP contribution in [0.3, 0.4) is 0 Å². The molecule has 0 unspecified atom stereocenters. The van der Waals surface area contributed by atoms with Crippen LogP contribution < -0.4 is 10.1 Å². The average Bonchev–Trinajstić information content (AvgIpc) is 3.00. The maximum atomic E-state index is 12.5. The van der Waals surface area contributed by atoms with Gasteiger partial charge in [0.15, 0.2) is 0 Å². The SMILES string of the molecule is COc1ccc(C(=O)NC[C@H]2O[C@H](CC(=O)N3CCC(C)CC3)[C@H](O)[C@@H]2O)cc1. The zero-order valence-electron chi connectivity index (χ0n) is 16.9. The number of methoxy groups -OCH3 is 1. The highest BCUT2D eigenvalue weighted by Crippen LogP contribution is 2.25. The quantitative estimate of drug-likeness (QED) is 0.637. The summed E-state index contributed by atoms with van der Waals surface area (Å²) in [7, 11) is 1.55. The number of carbonyl (C=O) groups excluding carboxylic acids is 2. The van der Waals surface area contributed by atoms with Gasteiger partial charge in [0, 0.05) is 25.2 Å². The molecule has 0 saturated carbocycles. The summed E-state index contributed by atoms with van der Waals surface area (Å²) in [6.45, 7) is 3.64. The van der Waals surface area contributed by atoms with E-state index in [-0.39, 0.29) is 24.8 Å². The predicted molar refractivity (Wildman–Crippen MR) is 106 cm³/mol. The normalized spacial score (nSPS) is 27.7. The molecule has 0 radical (unpaired) electrons. The van der Waals surface area contributed by atoms with Gasteiger partial charge in [-0.2, -0.15) is 0 Å². The lowest BCUT2D eigenvalue weighted by Crippen LogP contribution is -2.41. The van der Waals surface area contributed by atoms with E-state index in [1.165, 1.54) is 0 Å². The molecule has 0 aromatic heterocycles. The lowest BCUT2D eigenvalue weighted by molar-refractivity contribution is -0.136. The van der Waals surface area contributed by atoms with E-state index < -0.39 is 24.4 Å². The molecule has 3 rings (SSSR count). The number of rotatable bonds is 6. The van der Waals surface area contributed by atoms with Crippen LogP contribution in [0.1, 0.15) is 36.5 Å². The number of benzene rings is 1. The van der Waals surface area contributed by atoms with Crippen LogP contribution in [-0.2, 0) is 9.53 Å². The Morgan fingerprint density at radius 3 is 2.38 bits per heavy atom. The molecule has 2 aliphatic heterocycles. The Labute approximate surface area is 170 Å². The molecular weight excluding hydrogens is 376 g/mol. The van der Waals surface area contributed by atoms with Crippen molar-refractivity contribution in [1.82, 2.24) is 10.2 Å². The second-order valence-corrected chi connectivity index (χ2v) is 7.90. The van der Waals surface area contributed by atoms with Gasteiger partial charge >= 0.3 is 0 Å². The van der Waals surface area contributed by atoms with E-state index in [4.69, 9.17) is 9.47 Å². The fourth-order valence-electron chi connectivity index (χ4n) is 3.76. The molecule has 2 amide bonds. The number of nitrogens with zero attached hydrogens (tertiary/aromatic N) is 1. The largest absolute Gasteiger partial charge is 0.497 e. The highest BCUT2D eigenvalue weighted by molar-refractivity contribution is 5.94. The summed E-state index contributed by atoms with van der Waals surface area (Å²) in [4.78, 5) is 26.6. The maximum Gasteiger partial charge on any atom is 0.251 e. The summed E-state index contributed by atoms with van der Waals surface area (Å²) in [6.07, 6.45) is -1.90. The van der Waals surface area contributed by atoms with E-state index in [0.29, 0.717) is 30.3 Å². The first-order chi connectivity index (χ1) is 13.9. The van der Waals surface area contributed by atoms with Crippen molar-refractivity contribution in [2.24, 2.45) is 5.92 Å². The number of aliphatic hydroxyl groups is 2. The topological polar surface area (TPSA) is 108 Å². The molecule has 2 heterocycles. The van der Waals surface area contributed by atoms with Crippen LogP contribution in [0.15, 0.2) is 24.3 Å². The first kappa shape index (κ1) is 21.5. The number of piperidine rings is 1. The first-order valence-corrected chi connectivity index (χ1v) is 10.1. The molecule has 160 valence electrons. The molecule has 3 N–H and O–H groups in total. The van der Waals surface area contributed by atoms with E-state index in [2.05, 4.69) is 12.2 Å². The Bertz CT molecular complexity index is 702. The second-order valence-electron chi connectivity index (χ2n) is 7.90. The van der Waals surface area contributed by atoms with Gasteiger partial charge in [0.1, 0.15) is 24.1 Å². The van der Waals surface area contributed by atoms with Gasteiger partial charge in [-0.1, -0.05) is 6.92 Å². The molecule has 8 heteroatoms. The minimum absolute atomic E-state index is 0.0233. The third kappa shape index (κ3) is 5.26. The summed E-state index contributed by atoms with van der Waals surface area (Å²) in [5.74, 6) is 0.874. The summed E-state index contributed by atoms with van der Waals surface area (Å²) in [5.41, 5.74) is 0.449. The monoisotopic (exact) mass is 406 g/mol. The zero-order valence-corrected chi connectivity index (χ0v) is 16.9. The lowest BCUT2D eigenvalue weighted by atomic mass is 9.98. The molecule has 2 fully saturated rings. The smallest absolute Gasteiger partial charge is 0.251 e. The summed E-state index contributed by atoms with van der Waals surface area (Å²) in [5, 5.41) is 23.3. The van der Waals surface area contributed by atoms with Crippen molar-refractivity contribution >= 4 is 11.8 Å². The minimum Gasteiger partial charge on any atom is -0.497 e. The Morgan fingerprint density at radius 2 is 1.76 bits per heavy atom. The van der Waals surface area contributed by atoms with Crippen molar-refractivity contribution in [1.29, 1.82) is 0 Å². The van der Waals surface area contributed by atoms with Crippen LogP contribution >= 0.6 is 0 Å². The van der Waals surface area contributed by atoms with Crippen molar-refractivity contribution in [3.63, 3.8) is 0 Å². The van der Waals surface area contributed by atoms with Crippen molar-refractivity contribution in [3.05, 3.63) is 29.8 Å².